The van der Waals surface area contributed by atoms with Crippen molar-refractivity contribution in [1.82, 2.24) is 4.90 Å². The van der Waals surface area contributed by atoms with Gasteiger partial charge in [0, 0.05) is 26.2 Å². The Kier molecular flexibility index (Phi) is 5.69. The van der Waals surface area contributed by atoms with Gasteiger partial charge in [-0.15, -0.1) is 0 Å². The number of rotatable bonds is 6. The maximum absolute atomic E-state index is 9.72. The van der Waals surface area contributed by atoms with E-state index >= 15 is 0 Å². The Morgan fingerprint density at radius 1 is 1.38 bits per heavy atom. The minimum absolute atomic E-state index is 0.393. The maximum Gasteiger partial charge on any atom is 0.0718 e. The van der Waals surface area contributed by atoms with E-state index in [-0.39, 0.29) is 0 Å². The van der Waals surface area contributed by atoms with Gasteiger partial charge in [0.15, 0.2) is 0 Å². The van der Waals surface area contributed by atoms with Crippen molar-refractivity contribution in [2.24, 2.45) is 5.73 Å². The lowest BCUT2D eigenvalue weighted by Crippen LogP contribution is -2.44. The van der Waals surface area contributed by atoms with Crippen LogP contribution in [-0.4, -0.2) is 54.5 Å². The minimum Gasteiger partial charge on any atom is -0.389 e. The Morgan fingerprint density at radius 3 is 2.50 bits per heavy atom. The lowest BCUT2D eigenvalue weighted by Gasteiger charge is -2.35. The molecule has 1 heterocycles. The van der Waals surface area contributed by atoms with E-state index in [0.717, 1.165) is 45.5 Å². The summed E-state index contributed by atoms with van der Waals surface area (Å²) in [5.74, 6) is 0. The van der Waals surface area contributed by atoms with Gasteiger partial charge in [0.2, 0.25) is 0 Å². The fourth-order valence-corrected chi connectivity index (χ4v) is 2.11. The van der Waals surface area contributed by atoms with Crippen LogP contribution >= 0.6 is 0 Å². The van der Waals surface area contributed by atoms with Gasteiger partial charge in [0.25, 0.3) is 0 Å². The van der Waals surface area contributed by atoms with E-state index in [0.29, 0.717) is 12.6 Å². The fraction of sp³-hybridized carbons (Fsp3) is 1.00. The summed E-state index contributed by atoms with van der Waals surface area (Å²) in [5.41, 5.74) is 4.83. The van der Waals surface area contributed by atoms with Crippen LogP contribution in [0.4, 0.5) is 0 Å². The molecule has 0 aromatic carbocycles. The van der Waals surface area contributed by atoms with Crippen molar-refractivity contribution in [1.29, 1.82) is 0 Å². The van der Waals surface area contributed by atoms with Crippen LogP contribution in [0.2, 0.25) is 0 Å². The molecule has 0 spiro atoms. The van der Waals surface area contributed by atoms with Gasteiger partial charge in [0.1, 0.15) is 0 Å². The van der Waals surface area contributed by atoms with Gasteiger partial charge in [-0.25, -0.2) is 0 Å². The second kappa shape index (κ2) is 6.55. The summed E-state index contributed by atoms with van der Waals surface area (Å²) in [5, 5.41) is 9.72. The topological polar surface area (TPSA) is 58.7 Å². The van der Waals surface area contributed by atoms with Gasteiger partial charge >= 0.3 is 0 Å². The number of aliphatic hydroxyl groups is 1. The number of β-amino-alcohol motifs (C(OH)–C–C–N with tert-alkyl or cyclic N) is 1. The normalized spacial score (nSPS) is 20.2. The first-order valence-corrected chi connectivity index (χ1v) is 6.27. The number of nitrogens with two attached hydrogens (primary N) is 1. The molecule has 0 saturated carbocycles. The van der Waals surface area contributed by atoms with E-state index in [1.165, 1.54) is 0 Å². The molecule has 0 aromatic heterocycles. The largest absolute Gasteiger partial charge is 0.389 e. The smallest absolute Gasteiger partial charge is 0.0718 e. The highest BCUT2D eigenvalue weighted by Crippen LogP contribution is 2.16. The van der Waals surface area contributed by atoms with Crippen LogP contribution in [0.3, 0.4) is 0 Å². The number of hydrogen-bond acceptors (Lipinski definition) is 4. The summed E-state index contributed by atoms with van der Waals surface area (Å²) >= 11 is 0. The van der Waals surface area contributed by atoms with Crippen LogP contribution in [-0.2, 0) is 4.74 Å². The van der Waals surface area contributed by atoms with E-state index in [2.05, 4.69) is 4.90 Å². The molecule has 4 nitrogen and oxygen atoms in total. The van der Waals surface area contributed by atoms with Crippen molar-refractivity contribution < 1.29 is 9.84 Å². The standard InChI is InChI=1S/C12H26N2O2/c1-12(2,15)10-14-7-4-11(5-8-14)16-9-3-6-13/h11,15H,3-10,13H2,1-2H3. The Morgan fingerprint density at radius 2 is 2.00 bits per heavy atom. The number of piperidine rings is 1. The average Bonchev–Trinajstić information content (AvgIpc) is 2.19. The van der Waals surface area contributed by atoms with E-state index in [4.69, 9.17) is 10.5 Å². The summed E-state index contributed by atoms with van der Waals surface area (Å²) in [4.78, 5) is 2.31. The summed E-state index contributed by atoms with van der Waals surface area (Å²) in [7, 11) is 0. The molecule has 3 N–H and O–H groups in total. The molecule has 0 aromatic rings. The van der Waals surface area contributed by atoms with Crippen LogP contribution in [0.25, 0.3) is 0 Å². The zero-order valence-electron chi connectivity index (χ0n) is 10.6. The first-order valence-electron chi connectivity index (χ1n) is 6.27. The molecule has 0 bridgehead atoms. The van der Waals surface area contributed by atoms with Crippen LogP contribution in [0.5, 0.6) is 0 Å². The van der Waals surface area contributed by atoms with Crippen LogP contribution in [0.1, 0.15) is 33.1 Å². The molecule has 4 heteroatoms. The Bertz CT molecular complexity index is 184. The number of hydrogen-bond donors (Lipinski definition) is 2. The van der Waals surface area contributed by atoms with E-state index in [9.17, 15) is 5.11 Å². The molecule has 1 rings (SSSR count). The van der Waals surface area contributed by atoms with Crippen molar-refractivity contribution in [3.63, 3.8) is 0 Å². The molecule has 0 radical (unpaired) electrons. The highest BCUT2D eigenvalue weighted by atomic mass is 16.5. The predicted octanol–water partition coefficient (Wildman–Crippen LogP) is 0.587. The number of nitrogens with zero attached hydrogens (tertiary/aromatic N) is 1. The molecule has 16 heavy (non-hydrogen) atoms. The van der Waals surface area contributed by atoms with Gasteiger partial charge in [0.05, 0.1) is 11.7 Å². The molecular weight excluding hydrogens is 204 g/mol. The van der Waals surface area contributed by atoms with Crippen molar-refractivity contribution in [2.75, 3.05) is 32.8 Å². The van der Waals surface area contributed by atoms with Crippen LogP contribution in [0, 0.1) is 0 Å². The Balaban J connectivity index is 2.13. The molecule has 0 amide bonds. The van der Waals surface area contributed by atoms with E-state index in [1.54, 1.807) is 0 Å². The predicted molar refractivity (Wildman–Crippen MR) is 65.4 cm³/mol. The summed E-state index contributed by atoms with van der Waals surface area (Å²) in [6, 6.07) is 0. The first-order chi connectivity index (χ1) is 7.51. The second-order valence-corrected chi connectivity index (χ2v) is 5.30. The minimum atomic E-state index is -0.590. The molecule has 96 valence electrons. The van der Waals surface area contributed by atoms with Gasteiger partial charge < -0.3 is 20.5 Å². The summed E-state index contributed by atoms with van der Waals surface area (Å²) in [6.07, 6.45) is 3.48. The van der Waals surface area contributed by atoms with Crippen molar-refractivity contribution in [3.8, 4) is 0 Å². The summed E-state index contributed by atoms with van der Waals surface area (Å²) < 4.78 is 5.73. The van der Waals surface area contributed by atoms with Crippen LogP contribution in [0.15, 0.2) is 0 Å². The van der Waals surface area contributed by atoms with Gasteiger partial charge in [-0.05, 0) is 39.7 Å². The van der Waals surface area contributed by atoms with Gasteiger partial charge in [-0.3, -0.25) is 0 Å². The van der Waals surface area contributed by atoms with Crippen molar-refractivity contribution in [3.05, 3.63) is 0 Å². The fourth-order valence-electron chi connectivity index (χ4n) is 2.11. The summed E-state index contributed by atoms with van der Waals surface area (Å²) in [6.45, 7) is 8.01. The number of ether oxygens (including phenoxy) is 1. The highest BCUT2D eigenvalue weighted by Gasteiger charge is 2.23. The molecule has 0 unspecified atom stereocenters. The Hall–Kier alpha value is -0.160. The Labute approximate surface area is 98.8 Å². The molecule has 0 atom stereocenters. The third-order valence-corrected chi connectivity index (χ3v) is 2.85. The average molecular weight is 230 g/mol. The second-order valence-electron chi connectivity index (χ2n) is 5.30. The molecule has 1 aliphatic heterocycles. The quantitative estimate of drug-likeness (QED) is 0.656. The zero-order chi connectivity index (χ0) is 12.0. The van der Waals surface area contributed by atoms with Crippen molar-refractivity contribution in [2.45, 2.75) is 44.8 Å². The van der Waals surface area contributed by atoms with Crippen LogP contribution < -0.4 is 5.73 Å². The first kappa shape index (κ1) is 13.9. The lowest BCUT2D eigenvalue weighted by atomic mass is 10.0. The maximum atomic E-state index is 9.72. The third kappa shape index (κ3) is 5.80. The zero-order valence-corrected chi connectivity index (χ0v) is 10.6. The van der Waals surface area contributed by atoms with Gasteiger partial charge in [-0.1, -0.05) is 0 Å². The van der Waals surface area contributed by atoms with E-state index < -0.39 is 5.60 Å². The lowest BCUT2D eigenvalue weighted by molar-refractivity contribution is -0.0183. The molecule has 1 aliphatic rings. The third-order valence-electron chi connectivity index (χ3n) is 2.85. The van der Waals surface area contributed by atoms with Crippen molar-refractivity contribution >= 4 is 0 Å². The SMILES string of the molecule is CC(C)(O)CN1CCC(OCCCN)CC1. The highest BCUT2D eigenvalue weighted by molar-refractivity contribution is 4.78. The monoisotopic (exact) mass is 230 g/mol. The molecular formula is C12H26N2O2. The molecule has 1 saturated heterocycles. The van der Waals surface area contributed by atoms with Gasteiger partial charge in [-0.2, -0.15) is 0 Å². The molecule has 1 fully saturated rings. The number of likely N-dealkylation sites (tertiary alicyclic amines) is 1. The molecule has 0 aliphatic carbocycles. The van der Waals surface area contributed by atoms with E-state index in [1.807, 2.05) is 13.8 Å².